The zero-order valence-corrected chi connectivity index (χ0v) is 11.9. The first kappa shape index (κ1) is 13.1. The van der Waals surface area contributed by atoms with E-state index < -0.39 is 0 Å². The zero-order valence-electron chi connectivity index (χ0n) is 10.3. The molecule has 0 aromatic carbocycles. The van der Waals surface area contributed by atoms with Crippen LogP contribution in [0.15, 0.2) is 0 Å². The number of hydrogen-bond acceptors (Lipinski definition) is 4. The third-order valence-electron chi connectivity index (χ3n) is 3.29. The molecular formula is C12H24N2S2. The van der Waals surface area contributed by atoms with Crippen molar-refractivity contribution in [1.82, 2.24) is 10.2 Å². The Morgan fingerprint density at radius 3 is 2.62 bits per heavy atom. The predicted molar refractivity (Wildman–Crippen MR) is 76.7 cm³/mol. The maximum atomic E-state index is 3.86. The summed E-state index contributed by atoms with van der Waals surface area (Å²) >= 11 is 4.24. The lowest BCUT2D eigenvalue weighted by molar-refractivity contribution is 0.325. The van der Waals surface area contributed by atoms with Gasteiger partial charge in [-0.1, -0.05) is 6.92 Å². The van der Waals surface area contributed by atoms with Gasteiger partial charge in [-0.3, -0.25) is 0 Å². The van der Waals surface area contributed by atoms with E-state index in [4.69, 9.17) is 0 Å². The van der Waals surface area contributed by atoms with Crippen molar-refractivity contribution >= 4 is 23.5 Å². The molecule has 1 atom stereocenters. The summed E-state index contributed by atoms with van der Waals surface area (Å²) in [6.07, 6.45) is 2.65. The fourth-order valence-corrected chi connectivity index (χ4v) is 4.96. The van der Waals surface area contributed by atoms with E-state index in [-0.39, 0.29) is 0 Å². The Balaban J connectivity index is 1.69. The van der Waals surface area contributed by atoms with Crippen molar-refractivity contribution in [1.29, 1.82) is 0 Å². The summed E-state index contributed by atoms with van der Waals surface area (Å²) < 4.78 is 0. The van der Waals surface area contributed by atoms with Crippen LogP contribution in [-0.2, 0) is 0 Å². The molecule has 0 radical (unpaired) electrons. The minimum Gasteiger partial charge on any atom is -0.308 e. The molecule has 2 fully saturated rings. The lowest BCUT2D eigenvalue weighted by Crippen LogP contribution is -2.42. The summed E-state index contributed by atoms with van der Waals surface area (Å²) in [5.41, 5.74) is 0. The quantitative estimate of drug-likeness (QED) is 0.830. The molecule has 0 amide bonds. The van der Waals surface area contributed by atoms with Crippen molar-refractivity contribution in [2.45, 2.75) is 31.8 Å². The monoisotopic (exact) mass is 260 g/mol. The average Bonchev–Trinajstić information content (AvgIpc) is 2.56. The molecule has 2 aliphatic rings. The summed E-state index contributed by atoms with van der Waals surface area (Å²) in [5, 5.41) is 3.86. The summed E-state index contributed by atoms with van der Waals surface area (Å²) in [6, 6.07) is 1.51. The molecular weight excluding hydrogens is 236 g/mol. The van der Waals surface area contributed by atoms with Crippen LogP contribution in [0, 0.1) is 0 Å². The zero-order chi connectivity index (χ0) is 11.2. The first-order chi connectivity index (χ1) is 7.88. The van der Waals surface area contributed by atoms with Crippen LogP contribution in [0.4, 0.5) is 0 Å². The highest BCUT2D eigenvalue weighted by Gasteiger charge is 2.24. The third kappa shape index (κ3) is 4.13. The molecule has 0 aromatic rings. The fourth-order valence-electron chi connectivity index (χ4n) is 2.53. The van der Waals surface area contributed by atoms with Crippen molar-refractivity contribution in [2.24, 2.45) is 0 Å². The van der Waals surface area contributed by atoms with Crippen LogP contribution in [-0.4, -0.2) is 59.6 Å². The van der Waals surface area contributed by atoms with Crippen molar-refractivity contribution in [3.8, 4) is 0 Å². The Morgan fingerprint density at radius 1 is 1.19 bits per heavy atom. The van der Waals surface area contributed by atoms with Crippen LogP contribution in [0.5, 0.6) is 0 Å². The lowest BCUT2D eigenvalue weighted by Gasteiger charge is -2.21. The molecule has 16 heavy (non-hydrogen) atoms. The first-order valence-electron chi connectivity index (χ1n) is 6.52. The lowest BCUT2D eigenvalue weighted by atomic mass is 10.2. The van der Waals surface area contributed by atoms with Gasteiger partial charge in [-0.05, 0) is 25.9 Å². The molecule has 0 aliphatic carbocycles. The second kappa shape index (κ2) is 7.14. The van der Waals surface area contributed by atoms with E-state index >= 15 is 0 Å². The second-order valence-electron chi connectivity index (χ2n) is 4.80. The Kier molecular flexibility index (Phi) is 5.83. The molecule has 94 valence electrons. The van der Waals surface area contributed by atoms with Crippen molar-refractivity contribution in [2.75, 3.05) is 42.6 Å². The Bertz CT molecular complexity index is 193. The van der Waals surface area contributed by atoms with Gasteiger partial charge in [0.1, 0.15) is 0 Å². The Labute approximate surface area is 108 Å². The van der Waals surface area contributed by atoms with Crippen LogP contribution in [0.3, 0.4) is 0 Å². The normalized spacial score (nSPS) is 29.4. The summed E-state index contributed by atoms with van der Waals surface area (Å²) in [5.74, 6) is 5.32. The number of nitrogens with one attached hydrogen (secondary N) is 1. The van der Waals surface area contributed by atoms with Crippen molar-refractivity contribution in [3.05, 3.63) is 0 Å². The van der Waals surface area contributed by atoms with Gasteiger partial charge >= 0.3 is 0 Å². The van der Waals surface area contributed by atoms with E-state index in [1.807, 2.05) is 0 Å². The van der Waals surface area contributed by atoms with E-state index in [0.717, 1.165) is 12.1 Å². The minimum absolute atomic E-state index is 0.754. The van der Waals surface area contributed by atoms with Gasteiger partial charge in [0, 0.05) is 41.6 Å². The summed E-state index contributed by atoms with van der Waals surface area (Å²) in [6.45, 7) is 6.14. The van der Waals surface area contributed by atoms with Gasteiger partial charge in [0.2, 0.25) is 0 Å². The molecule has 1 unspecified atom stereocenters. The highest BCUT2D eigenvalue weighted by Crippen LogP contribution is 2.18. The molecule has 0 aromatic heterocycles. The van der Waals surface area contributed by atoms with E-state index in [0.29, 0.717) is 0 Å². The number of rotatable bonds is 4. The highest BCUT2D eigenvalue weighted by atomic mass is 32.2. The van der Waals surface area contributed by atoms with Crippen molar-refractivity contribution in [3.63, 3.8) is 0 Å². The molecule has 2 aliphatic heterocycles. The predicted octanol–water partition coefficient (Wildman–Crippen LogP) is 1.91. The maximum absolute atomic E-state index is 3.86. The molecule has 0 spiro atoms. The van der Waals surface area contributed by atoms with Crippen LogP contribution >= 0.6 is 23.5 Å². The number of thioether (sulfide) groups is 2. The largest absolute Gasteiger partial charge is 0.308 e. The minimum atomic E-state index is 0.754. The molecule has 2 rings (SSSR count). The third-order valence-corrected chi connectivity index (χ3v) is 5.81. The molecule has 4 heteroatoms. The second-order valence-corrected chi connectivity index (χ2v) is 7.10. The van der Waals surface area contributed by atoms with E-state index in [9.17, 15) is 0 Å². The van der Waals surface area contributed by atoms with E-state index in [1.54, 1.807) is 0 Å². The molecule has 2 heterocycles. The SMILES string of the molecule is CCCN1CCC(NC2CSCCSC2)C1. The number of hydrogen-bond donors (Lipinski definition) is 1. The Hall–Kier alpha value is 0.620. The highest BCUT2D eigenvalue weighted by molar-refractivity contribution is 8.03. The van der Waals surface area contributed by atoms with Gasteiger partial charge in [0.25, 0.3) is 0 Å². The van der Waals surface area contributed by atoms with Crippen LogP contribution in [0.1, 0.15) is 19.8 Å². The fraction of sp³-hybridized carbons (Fsp3) is 1.00. The van der Waals surface area contributed by atoms with Crippen LogP contribution in [0.2, 0.25) is 0 Å². The van der Waals surface area contributed by atoms with E-state index in [1.165, 1.54) is 55.5 Å². The summed E-state index contributed by atoms with van der Waals surface area (Å²) in [4.78, 5) is 2.61. The van der Waals surface area contributed by atoms with Gasteiger partial charge in [-0.15, -0.1) is 0 Å². The standard InChI is InChI=1S/C12H24N2S2/c1-2-4-14-5-3-11(8-14)13-12-9-15-6-7-16-10-12/h11-13H,2-10H2,1H3. The van der Waals surface area contributed by atoms with Gasteiger partial charge in [-0.2, -0.15) is 23.5 Å². The molecule has 0 bridgehead atoms. The number of nitrogens with zero attached hydrogens (tertiary/aromatic N) is 1. The van der Waals surface area contributed by atoms with Crippen molar-refractivity contribution < 1.29 is 0 Å². The molecule has 1 N–H and O–H groups in total. The topological polar surface area (TPSA) is 15.3 Å². The number of likely N-dealkylation sites (tertiary alicyclic amines) is 1. The average molecular weight is 260 g/mol. The molecule has 0 saturated carbocycles. The van der Waals surface area contributed by atoms with Gasteiger partial charge in [0.15, 0.2) is 0 Å². The smallest absolute Gasteiger partial charge is 0.0251 e. The summed E-state index contributed by atoms with van der Waals surface area (Å²) in [7, 11) is 0. The first-order valence-corrected chi connectivity index (χ1v) is 8.83. The maximum Gasteiger partial charge on any atom is 0.0251 e. The van der Waals surface area contributed by atoms with Gasteiger partial charge in [-0.25, -0.2) is 0 Å². The molecule has 2 saturated heterocycles. The van der Waals surface area contributed by atoms with Gasteiger partial charge < -0.3 is 10.2 Å². The van der Waals surface area contributed by atoms with Crippen LogP contribution in [0.25, 0.3) is 0 Å². The Morgan fingerprint density at radius 2 is 1.94 bits per heavy atom. The van der Waals surface area contributed by atoms with E-state index in [2.05, 4.69) is 40.7 Å². The van der Waals surface area contributed by atoms with Crippen LogP contribution < -0.4 is 5.32 Å². The molecule has 2 nitrogen and oxygen atoms in total. The van der Waals surface area contributed by atoms with Gasteiger partial charge in [0.05, 0.1) is 0 Å².